The minimum Gasteiger partial charge on any atom is -0.508 e. The third-order valence-corrected chi connectivity index (χ3v) is 4.41. The number of hydrogen-bond donors (Lipinski definition) is 1. The van der Waals surface area contributed by atoms with Gasteiger partial charge >= 0.3 is 0 Å². The van der Waals surface area contributed by atoms with Gasteiger partial charge in [-0.25, -0.2) is 4.36 Å². The smallest absolute Gasteiger partial charge is 0.119 e. The van der Waals surface area contributed by atoms with Gasteiger partial charge in [0.2, 0.25) is 0 Å². The first-order valence-corrected chi connectivity index (χ1v) is 7.13. The molecule has 4 heteroatoms. The molecule has 14 heavy (non-hydrogen) atoms. The van der Waals surface area contributed by atoms with E-state index in [1.807, 2.05) is 12.3 Å². The van der Waals surface area contributed by atoms with E-state index in [-0.39, 0.29) is 9.72 Å². The molecule has 2 nitrogen and oxygen atoms in total. The van der Waals surface area contributed by atoms with Crippen LogP contribution in [0.1, 0.15) is 11.1 Å². The van der Waals surface area contributed by atoms with Crippen molar-refractivity contribution in [3.05, 3.63) is 34.7 Å². The lowest BCUT2D eigenvalue weighted by Gasteiger charge is -2.04. The summed E-state index contributed by atoms with van der Waals surface area (Å²) in [4.78, 5) is 0. The molecule has 0 bridgehead atoms. The molecule has 1 aliphatic rings. The fourth-order valence-electron chi connectivity index (χ4n) is 1.23. The van der Waals surface area contributed by atoms with Crippen LogP contribution in [-0.4, -0.2) is 11.4 Å². The summed E-state index contributed by atoms with van der Waals surface area (Å²) in [6.45, 7) is 1.88. The van der Waals surface area contributed by atoms with Gasteiger partial charge in [0, 0.05) is 22.8 Å². The van der Waals surface area contributed by atoms with Crippen molar-refractivity contribution < 1.29 is 5.11 Å². The molecule has 0 aliphatic carbocycles. The maximum Gasteiger partial charge on any atom is 0.119 e. The summed E-state index contributed by atoms with van der Waals surface area (Å²) in [6.07, 6.45) is 2.08. The van der Waals surface area contributed by atoms with E-state index in [1.54, 1.807) is 22.9 Å². The first kappa shape index (κ1) is 9.80. The van der Waals surface area contributed by atoms with Gasteiger partial charge in [-0.2, -0.15) is 0 Å². The fourth-order valence-corrected chi connectivity index (χ4v) is 3.23. The maximum absolute atomic E-state index is 9.53. The number of aromatic hydroxyl groups is 1. The molecule has 0 aromatic heterocycles. The van der Waals surface area contributed by atoms with Gasteiger partial charge in [-0.05, 0) is 34.8 Å². The van der Waals surface area contributed by atoms with Crippen LogP contribution in [0.4, 0.5) is 0 Å². The number of phenolic OH excluding ortho intramolecular Hbond substituents is 1. The predicted octanol–water partition coefficient (Wildman–Crippen LogP) is 2.89. The van der Waals surface area contributed by atoms with Crippen LogP contribution in [0, 0.1) is 13.0 Å². The Hall–Kier alpha value is -0.740. The van der Waals surface area contributed by atoms with Gasteiger partial charge in [-0.15, -0.1) is 0 Å². The molecule has 0 amide bonds. The summed E-state index contributed by atoms with van der Waals surface area (Å²) in [5, 5.41) is 11.6. The summed E-state index contributed by atoms with van der Waals surface area (Å²) in [7, 11) is 1.74. The number of phenols is 1. The highest BCUT2D eigenvalue weighted by Crippen LogP contribution is 2.33. The van der Waals surface area contributed by atoms with E-state index in [1.165, 1.54) is 0 Å². The van der Waals surface area contributed by atoms with Crippen molar-refractivity contribution in [3.8, 4) is 5.75 Å². The second-order valence-electron chi connectivity index (χ2n) is 2.98. The molecule has 0 spiro atoms. The summed E-state index contributed by atoms with van der Waals surface area (Å²) >= 11 is 0. The largest absolute Gasteiger partial charge is 0.508 e. The van der Waals surface area contributed by atoms with Crippen molar-refractivity contribution in [2.24, 2.45) is 4.36 Å². The molecule has 1 atom stereocenters. The zero-order chi connectivity index (χ0) is 10.1. The minimum absolute atomic E-state index is 0.0292. The molecular weight excluding hydrogens is 214 g/mol. The molecule has 0 saturated carbocycles. The van der Waals surface area contributed by atoms with E-state index in [2.05, 4.69) is 16.7 Å². The van der Waals surface area contributed by atoms with Gasteiger partial charge in [0.15, 0.2) is 0 Å². The van der Waals surface area contributed by atoms with Crippen LogP contribution in [0.5, 0.6) is 5.75 Å². The Kier molecular flexibility index (Phi) is 2.65. The molecule has 73 valence electrons. The molecule has 1 heterocycles. The second kappa shape index (κ2) is 3.79. The first-order chi connectivity index (χ1) is 6.68. The van der Waals surface area contributed by atoms with E-state index in [4.69, 9.17) is 0 Å². The minimum atomic E-state index is 0.0292. The predicted molar refractivity (Wildman–Crippen MR) is 63.0 cm³/mol. The van der Waals surface area contributed by atoms with Gasteiger partial charge in [0.1, 0.15) is 5.75 Å². The van der Waals surface area contributed by atoms with Gasteiger partial charge in [-0.1, -0.05) is 10.8 Å². The van der Waals surface area contributed by atoms with Crippen LogP contribution >= 0.6 is 10.8 Å². The molecule has 1 radical (unpaired) electrons. The van der Waals surface area contributed by atoms with E-state index in [0.717, 1.165) is 16.8 Å². The molecule has 0 saturated heterocycles. The third-order valence-electron chi connectivity index (χ3n) is 2.01. The average Bonchev–Trinajstić information content (AvgIpc) is 2.57. The van der Waals surface area contributed by atoms with Crippen LogP contribution in [0.25, 0.3) is 5.70 Å². The second-order valence-corrected chi connectivity index (χ2v) is 6.46. The van der Waals surface area contributed by atoms with Crippen molar-refractivity contribution in [3.63, 3.8) is 0 Å². The van der Waals surface area contributed by atoms with E-state index in [9.17, 15) is 5.11 Å². The van der Waals surface area contributed by atoms with Crippen LogP contribution in [0.3, 0.4) is 0 Å². The average molecular weight is 224 g/mol. The van der Waals surface area contributed by atoms with E-state index in [0.29, 0.717) is 5.75 Å². The topological polar surface area (TPSA) is 32.6 Å². The van der Waals surface area contributed by atoms with Gasteiger partial charge < -0.3 is 5.11 Å². The standard InChI is InChI=1S/C10H10NOS2/c1-7-8(4-3-5-10(7)12)9-6-13-14(2)11-9/h3,5-6,12H,1-2H3. The highest BCUT2D eigenvalue weighted by atomic mass is 33.1. The Morgan fingerprint density at radius 3 is 3.00 bits per heavy atom. The maximum atomic E-state index is 9.53. The molecule has 2 rings (SSSR count). The van der Waals surface area contributed by atoms with Crippen molar-refractivity contribution in [1.82, 2.24) is 0 Å². The summed E-state index contributed by atoms with van der Waals surface area (Å²) in [5.74, 6) is 0.308. The fraction of sp³-hybridized carbons (Fsp3) is 0.200. The monoisotopic (exact) mass is 224 g/mol. The van der Waals surface area contributed by atoms with Crippen LogP contribution in [0.2, 0.25) is 0 Å². The van der Waals surface area contributed by atoms with E-state index >= 15 is 0 Å². The molecule has 0 fully saturated rings. The zero-order valence-corrected chi connectivity index (χ0v) is 9.58. The molecule has 1 aromatic rings. The third kappa shape index (κ3) is 1.72. The van der Waals surface area contributed by atoms with E-state index < -0.39 is 0 Å². The highest BCUT2D eigenvalue weighted by molar-refractivity contribution is 8.71. The van der Waals surface area contributed by atoms with Crippen molar-refractivity contribution in [2.45, 2.75) is 6.92 Å². The summed E-state index contributed by atoms with van der Waals surface area (Å²) < 4.78 is 4.47. The SMILES string of the molecule is Cc1c(C2=CSS(C)=N2)[c]ccc1O. The summed E-state index contributed by atoms with van der Waals surface area (Å²) in [5.41, 5.74) is 2.70. The lowest BCUT2D eigenvalue weighted by atomic mass is 10.1. The van der Waals surface area contributed by atoms with Gasteiger partial charge in [0.05, 0.1) is 5.70 Å². The Morgan fingerprint density at radius 1 is 1.57 bits per heavy atom. The molecular formula is C10H10NOS2. The number of nitrogens with zero attached hydrogens (tertiary/aromatic N) is 1. The molecule has 1 aromatic carbocycles. The van der Waals surface area contributed by atoms with Gasteiger partial charge in [-0.3, -0.25) is 0 Å². The number of benzene rings is 1. The van der Waals surface area contributed by atoms with Crippen molar-refractivity contribution in [1.29, 1.82) is 0 Å². The van der Waals surface area contributed by atoms with Crippen molar-refractivity contribution >= 4 is 26.2 Å². The lowest BCUT2D eigenvalue weighted by Crippen LogP contribution is -1.86. The molecule has 1 N–H and O–H groups in total. The Bertz CT molecular complexity index is 438. The molecule has 1 aliphatic heterocycles. The van der Waals surface area contributed by atoms with Crippen LogP contribution < -0.4 is 0 Å². The Labute approximate surface area is 89.5 Å². The normalized spacial score (nSPS) is 20.4. The first-order valence-electron chi connectivity index (χ1n) is 4.14. The Morgan fingerprint density at radius 2 is 2.36 bits per heavy atom. The summed E-state index contributed by atoms with van der Waals surface area (Å²) in [6, 6.07) is 6.48. The quantitative estimate of drug-likeness (QED) is 0.744. The van der Waals surface area contributed by atoms with Crippen LogP contribution in [-0.2, 0) is 9.72 Å². The zero-order valence-electron chi connectivity index (χ0n) is 7.94. The Balaban J connectivity index is 2.48. The highest BCUT2D eigenvalue weighted by Gasteiger charge is 2.11. The van der Waals surface area contributed by atoms with Crippen molar-refractivity contribution in [2.75, 3.05) is 6.26 Å². The van der Waals surface area contributed by atoms with Gasteiger partial charge in [0.25, 0.3) is 0 Å². The molecule has 1 unspecified atom stereocenters. The number of rotatable bonds is 1. The number of hydrogen-bond acceptors (Lipinski definition) is 3. The lowest BCUT2D eigenvalue weighted by molar-refractivity contribution is 0.471. The van der Waals surface area contributed by atoms with Crippen LogP contribution in [0.15, 0.2) is 21.9 Å².